The molecule has 0 amide bonds. The van der Waals surface area contributed by atoms with Crippen LogP contribution in [0.4, 0.5) is 11.4 Å². The molecule has 0 aliphatic heterocycles. The Bertz CT molecular complexity index is 1090. The number of nitrogen functional groups attached to an aromatic ring is 1. The van der Waals surface area contributed by atoms with Crippen molar-refractivity contribution in [3.8, 4) is 6.07 Å². The Morgan fingerprint density at radius 3 is 3.00 bits per heavy atom. The zero-order valence-corrected chi connectivity index (χ0v) is 15.6. The zero-order valence-electron chi connectivity index (χ0n) is 15.6. The highest BCUT2D eigenvalue weighted by Crippen LogP contribution is 2.35. The molecule has 1 aliphatic rings. The van der Waals surface area contributed by atoms with E-state index in [1.165, 1.54) is 23.7 Å². The molecule has 6 heteroatoms. The number of aryl methyl sites for hydroxylation is 2. The number of anilines is 2. The van der Waals surface area contributed by atoms with Crippen LogP contribution in [0.3, 0.4) is 0 Å². The summed E-state index contributed by atoms with van der Waals surface area (Å²) in [6.07, 6.45) is 5.88. The number of rotatable bonds is 4. The van der Waals surface area contributed by atoms with Crippen molar-refractivity contribution in [1.29, 1.82) is 10.7 Å². The summed E-state index contributed by atoms with van der Waals surface area (Å²) in [5.41, 5.74) is 12.5. The van der Waals surface area contributed by atoms with Gasteiger partial charge in [0.2, 0.25) is 0 Å². The summed E-state index contributed by atoms with van der Waals surface area (Å²) < 4.78 is 5.24. The minimum Gasteiger partial charge on any atom is -0.442 e. The van der Waals surface area contributed by atoms with Crippen molar-refractivity contribution in [3.05, 3.63) is 76.5 Å². The molecule has 4 rings (SSSR count). The molecule has 0 saturated heterocycles. The molecule has 1 aliphatic carbocycles. The first kappa shape index (κ1) is 17.8. The summed E-state index contributed by atoms with van der Waals surface area (Å²) in [5.74, 6) is 0.381. The van der Waals surface area contributed by atoms with Gasteiger partial charge in [-0.1, -0.05) is 6.07 Å². The van der Waals surface area contributed by atoms with Gasteiger partial charge in [0.1, 0.15) is 5.71 Å². The number of benzene rings is 2. The number of nitriles is 1. The predicted octanol–water partition coefficient (Wildman–Crippen LogP) is 4.83. The topological polar surface area (TPSA) is 112 Å². The smallest absolute Gasteiger partial charge is 0.181 e. The Balaban J connectivity index is 0.00000160. The van der Waals surface area contributed by atoms with E-state index < -0.39 is 0 Å². The third kappa shape index (κ3) is 3.23. The van der Waals surface area contributed by atoms with Crippen LogP contribution in [0.5, 0.6) is 0 Å². The quantitative estimate of drug-likeness (QED) is 0.446. The largest absolute Gasteiger partial charge is 0.442 e. The third-order valence-corrected chi connectivity index (χ3v) is 5.26. The van der Waals surface area contributed by atoms with Crippen molar-refractivity contribution >= 4 is 17.1 Å². The molecule has 3 aromatic rings. The molecule has 28 heavy (non-hydrogen) atoms. The van der Waals surface area contributed by atoms with E-state index in [-0.39, 0.29) is 14.6 Å². The number of hydrogen-bond donors (Lipinski definition) is 3. The van der Waals surface area contributed by atoms with E-state index in [9.17, 15) is 5.26 Å². The van der Waals surface area contributed by atoms with Gasteiger partial charge in [0, 0.05) is 19.8 Å². The van der Waals surface area contributed by atoms with Crippen LogP contribution in [0.1, 0.15) is 55.3 Å². The minimum atomic E-state index is 0. The van der Waals surface area contributed by atoms with Crippen LogP contribution in [0.2, 0.25) is 0 Å². The molecule has 1 heterocycles. The van der Waals surface area contributed by atoms with Gasteiger partial charge in [0.25, 0.3) is 0 Å². The van der Waals surface area contributed by atoms with Gasteiger partial charge in [-0.05, 0) is 67.1 Å². The fourth-order valence-electron chi connectivity index (χ4n) is 3.77. The summed E-state index contributed by atoms with van der Waals surface area (Å²) in [6.45, 7) is 1.98. The van der Waals surface area contributed by atoms with E-state index >= 15 is 0 Å². The van der Waals surface area contributed by atoms with Gasteiger partial charge < -0.3 is 15.5 Å². The van der Waals surface area contributed by atoms with Crippen molar-refractivity contribution in [2.75, 3.05) is 11.1 Å². The highest BCUT2D eigenvalue weighted by atomic mass is 16.3. The van der Waals surface area contributed by atoms with Gasteiger partial charge in [-0.3, -0.25) is 5.41 Å². The predicted molar refractivity (Wildman–Crippen MR) is 113 cm³/mol. The molecule has 0 saturated carbocycles. The van der Waals surface area contributed by atoms with Crippen molar-refractivity contribution in [2.45, 2.75) is 32.2 Å². The lowest BCUT2D eigenvalue weighted by atomic mass is 9.85. The molecule has 0 fully saturated rings. The van der Waals surface area contributed by atoms with Crippen LogP contribution in [-0.4, -0.2) is 10.7 Å². The first-order valence-corrected chi connectivity index (χ1v) is 9.24. The maximum atomic E-state index is 9.30. The van der Waals surface area contributed by atoms with Gasteiger partial charge in [0.15, 0.2) is 12.2 Å². The normalized spacial score (nSPS) is 15.5. The van der Waals surface area contributed by atoms with Gasteiger partial charge >= 0.3 is 0 Å². The maximum absolute atomic E-state index is 9.30. The van der Waals surface area contributed by atoms with E-state index in [2.05, 4.69) is 22.4 Å². The molecule has 4 N–H and O–H groups in total. The Hall–Kier alpha value is -3.59. The average Bonchev–Trinajstić information content (AvgIpc) is 3.24. The summed E-state index contributed by atoms with van der Waals surface area (Å²) in [4.78, 5) is 3.87. The number of fused-ring (bicyclic) bond motifs is 1. The summed E-state index contributed by atoms with van der Waals surface area (Å²) in [6, 6.07) is 12.2. The van der Waals surface area contributed by atoms with E-state index in [1.807, 2.05) is 25.1 Å². The number of aromatic nitrogens is 1. The molecule has 6 nitrogen and oxygen atoms in total. The average molecular weight is 375 g/mol. The fraction of sp³-hybridized carbons (Fsp3) is 0.227. The lowest BCUT2D eigenvalue weighted by molar-refractivity contribution is 0.548. The van der Waals surface area contributed by atoms with Crippen LogP contribution in [0.25, 0.3) is 0 Å². The maximum Gasteiger partial charge on any atom is 0.181 e. The number of nitrogens with one attached hydrogen (secondary N) is 2. The molecule has 1 atom stereocenters. The van der Waals surface area contributed by atoms with E-state index in [0.717, 1.165) is 36.1 Å². The lowest BCUT2D eigenvalue weighted by Crippen LogP contribution is -2.18. The number of nitrogens with zero attached hydrogens (tertiary/aromatic N) is 2. The molecular formula is C22H25N5O. The zero-order chi connectivity index (χ0) is 19.7. The number of hydrogen-bond acceptors (Lipinski definition) is 6. The van der Waals surface area contributed by atoms with Crippen molar-refractivity contribution in [1.82, 2.24) is 4.98 Å². The second-order valence-electron chi connectivity index (χ2n) is 7.11. The molecular weight excluding hydrogens is 350 g/mol. The Morgan fingerprint density at radius 2 is 2.25 bits per heavy atom. The summed E-state index contributed by atoms with van der Waals surface area (Å²) >= 11 is 0. The highest BCUT2D eigenvalue weighted by molar-refractivity contribution is 6.12. The van der Waals surface area contributed by atoms with Crippen LogP contribution in [-0.2, 0) is 6.42 Å². The SMILES string of the molecule is Cc1cc2c(cc1C#N)CCC[C@H]2Nc1ccc(N)c(C(=N)c2cnco2)c1.[HH].[HH]. The molecule has 0 radical (unpaired) electrons. The standard InChI is InChI=1S/C22H21N5O.2H2/c1-13-7-17-14(8-15(13)10-23)3-2-4-20(17)27-16-5-6-19(24)18(9-16)22(25)21-11-26-12-28-21;;/h5-9,11-12,20,25,27H,2-4,24H2,1H3;2*1H/t20-;;/m1../s1. The van der Waals surface area contributed by atoms with Crippen LogP contribution >= 0.6 is 0 Å². The number of nitrogens with two attached hydrogens (primary N) is 1. The summed E-state index contributed by atoms with van der Waals surface area (Å²) in [7, 11) is 0. The van der Waals surface area contributed by atoms with Gasteiger partial charge in [-0.2, -0.15) is 5.26 Å². The van der Waals surface area contributed by atoms with Crippen molar-refractivity contribution in [2.24, 2.45) is 0 Å². The van der Waals surface area contributed by atoms with Crippen LogP contribution in [0.15, 0.2) is 47.3 Å². The van der Waals surface area contributed by atoms with E-state index in [1.54, 1.807) is 6.07 Å². The molecule has 0 unspecified atom stereocenters. The second kappa shape index (κ2) is 7.20. The van der Waals surface area contributed by atoms with Crippen LogP contribution < -0.4 is 11.1 Å². The third-order valence-electron chi connectivity index (χ3n) is 5.26. The molecule has 0 spiro atoms. The minimum absolute atomic E-state index is 0. The van der Waals surface area contributed by atoms with Gasteiger partial charge in [-0.15, -0.1) is 0 Å². The lowest BCUT2D eigenvalue weighted by Gasteiger charge is -2.28. The van der Waals surface area contributed by atoms with Crippen LogP contribution in [0, 0.1) is 23.7 Å². The highest BCUT2D eigenvalue weighted by Gasteiger charge is 2.22. The Morgan fingerprint density at radius 1 is 1.39 bits per heavy atom. The summed E-state index contributed by atoms with van der Waals surface area (Å²) in [5, 5.41) is 21.2. The Labute approximate surface area is 166 Å². The fourth-order valence-corrected chi connectivity index (χ4v) is 3.77. The molecule has 2 aromatic carbocycles. The molecule has 0 bridgehead atoms. The van der Waals surface area contributed by atoms with Crippen molar-refractivity contribution in [3.63, 3.8) is 0 Å². The van der Waals surface area contributed by atoms with Gasteiger partial charge in [-0.25, -0.2) is 4.98 Å². The second-order valence-corrected chi connectivity index (χ2v) is 7.11. The first-order valence-electron chi connectivity index (χ1n) is 9.24. The molecule has 144 valence electrons. The first-order chi connectivity index (χ1) is 13.6. The van der Waals surface area contributed by atoms with E-state index in [0.29, 0.717) is 17.0 Å². The number of oxazole rings is 1. The van der Waals surface area contributed by atoms with Gasteiger partial charge in [0.05, 0.1) is 23.9 Å². The van der Waals surface area contributed by atoms with Crippen molar-refractivity contribution < 1.29 is 7.27 Å². The van der Waals surface area contributed by atoms with E-state index in [4.69, 9.17) is 15.6 Å². The molecule has 1 aromatic heterocycles. The Kier molecular flexibility index (Phi) is 4.58. The monoisotopic (exact) mass is 375 g/mol.